The molecule has 3 heterocycles. The van der Waals surface area contributed by atoms with E-state index in [-0.39, 0.29) is 5.41 Å². The maximum atomic E-state index is 6.51. The summed E-state index contributed by atoms with van der Waals surface area (Å²) in [5.41, 5.74) is 11.1. The Morgan fingerprint density at radius 2 is 1.23 bits per heavy atom. The zero-order chi connectivity index (χ0) is 28.7. The largest absolute Gasteiger partial charge is 0.455 e. The van der Waals surface area contributed by atoms with Gasteiger partial charge in [0.2, 0.25) is 5.89 Å². The smallest absolute Gasteiger partial charge is 0.227 e. The minimum absolute atomic E-state index is 0.298. The van der Waals surface area contributed by atoms with Gasteiger partial charge in [-0.1, -0.05) is 92.7 Å². The van der Waals surface area contributed by atoms with Gasteiger partial charge in [-0.25, -0.2) is 15.0 Å². The van der Waals surface area contributed by atoms with Crippen LogP contribution in [0.15, 0.2) is 124 Å². The van der Waals surface area contributed by atoms with E-state index < -0.39 is 0 Å². The summed E-state index contributed by atoms with van der Waals surface area (Å²) in [7, 11) is 0. The second kappa shape index (κ2) is 8.73. The molecule has 0 radical (unpaired) electrons. The van der Waals surface area contributed by atoms with Crippen LogP contribution in [0.4, 0.5) is 0 Å². The summed E-state index contributed by atoms with van der Waals surface area (Å²) < 4.78 is 12.6. The molecule has 0 spiro atoms. The molecule has 3 aromatic heterocycles. The Morgan fingerprint density at radius 3 is 2.12 bits per heavy atom. The minimum Gasteiger partial charge on any atom is -0.455 e. The van der Waals surface area contributed by atoms with Crippen LogP contribution in [-0.4, -0.2) is 15.0 Å². The predicted molar refractivity (Wildman–Crippen MR) is 171 cm³/mol. The van der Waals surface area contributed by atoms with Gasteiger partial charge in [0.15, 0.2) is 11.4 Å². The average Bonchev–Trinajstić information content (AvgIpc) is 3.72. The first-order valence-corrected chi connectivity index (χ1v) is 14.5. The molecule has 5 nitrogen and oxygen atoms in total. The Balaban J connectivity index is 1.31. The number of furan rings is 1. The summed E-state index contributed by atoms with van der Waals surface area (Å²) in [5.74, 6) is 1.22. The molecular formula is C38H25N3O2. The predicted octanol–water partition coefficient (Wildman–Crippen LogP) is 9.82. The van der Waals surface area contributed by atoms with Crippen LogP contribution < -0.4 is 0 Å². The van der Waals surface area contributed by atoms with Crippen LogP contribution >= 0.6 is 0 Å². The van der Waals surface area contributed by atoms with E-state index in [9.17, 15) is 0 Å². The van der Waals surface area contributed by atoms with Crippen molar-refractivity contribution in [3.05, 3.63) is 126 Å². The van der Waals surface area contributed by atoms with Crippen LogP contribution in [0, 0.1) is 0 Å². The van der Waals surface area contributed by atoms with Crippen LogP contribution in [-0.2, 0) is 5.41 Å². The third-order valence-corrected chi connectivity index (χ3v) is 8.71. The Hall–Kier alpha value is -5.55. The number of fused-ring (bicyclic) bond motifs is 7. The summed E-state index contributed by atoms with van der Waals surface area (Å²) in [6, 6.07) is 39.0. The number of aromatic nitrogens is 3. The van der Waals surface area contributed by atoms with Crippen LogP contribution in [0.3, 0.4) is 0 Å². The summed E-state index contributed by atoms with van der Waals surface area (Å²) in [6.07, 6.45) is 0. The highest BCUT2D eigenvalue weighted by Gasteiger charge is 2.40. The third kappa shape index (κ3) is 3.48. The summed E-state index contributed by atoms with van der Waals surface area (Å²) in [4.78, 5) is 15.3. The molecule has 1 aliphatic carbocycles. The number of nitrogens with zero attached hydrogens (tertiary/aromatic N) is 3. The highest BCUT2D eigenvalue weighted by Crippen LogP contribution is 2.52. The molecule has 0 saturated carbocycles. The highest BCUT2D eigenvalue weighted by atomic mass is 16.3. The molecule has 0 atom stereocenters. The molecule has 1 aliphatic rings. The highest BCUT2D eigenvalue weighted by molar-refractivity contribution is 6.10. The van der Waals surface area contributed by atoms with Crippen molar-refractivity contribution in [2.24, 2.45) is 0 Å². The van der Waals surface area contributed by atoms with E-state index in [1.165, 1.54) is 5.56 Å². The fourth-order valence-corrected chi connectivity index (χ4v) is 6.66. The number of oxazole rings is 1. The van der Waals surface area contributed by atoms with Gasteiger partial charge in [0, 0.05) is 44.0 Å². The lowest BCUT2D eigenvalue weighted by molar-refractivity contribution is 0.620. The van der Waals surface area contributed by atoms with Crippen molar-refractivity contribution < 1.29 is 8.83 Å². The molecule has 0 fully saturated rings. The first-order chi connectivity index (χ1) is 21.1. The standard InChI is InChI=1S/C38H25N3O2/c1-38(2)28-17-5-3-14-26(28)33-32(38)34(27-16-10-15-25-24-13-4-7-19-30(24)42-35(25)27)41-36(40-33)22-11-9-12-23(21-22)37-39-29-18-6-8-20-31(29)43-37/h3-21H,1-2H3. The third-order valence-electron chi connectivity index (χ3n) is 8.71. The molecule has 204 valence electrons. The summed E-state index contributed by atoms with van der Waals surface area (Å²) in [5, 5.41) is 2.17. The molecular weight excluding hydrogens is 530 g/mol. The van der Waals surface area contributed by atoms with Gasteiger partial charge in [-0.2, -0.15) is 0 Å². The van der Waals surface area contributed by atoms with Crippen molar-refractivity contribution in [2.75, 3.05) is 0 Å². The molecule has 9 rings (SSSR count). The fraction of sp³-hybridized carbons (Fsp3) is 0.0789. The molecule has 8 aromatic rings. The van der Waals surface area contributed by atoms with E-state index in [2.05, 4.69) is 68.4 Å². The SMILES string of the molecule is CC1(C)c2ccccc2-c2nc(-c3cccc(-c4nc5ccccc5o4)c3)nc(-c3cccc4c3oc3ccccc34)c21. The lowest BCUT2D eigenvalue weighted by Gasteiger charge is -2.23. The minimum atomic E-state index is -0.298. The van der Waals surface area contributed by atoms with Gasteiger partial charge in [0.25, 0.3) is 0 Å². The van der Waals surface area contributed by atoms with E-state index in [0.29, 0.717) is 11.7 Å². The van der Waals surface area contributed by atoms with E-state index in [4.69, 9.17) is 23.8 Å². The first kappa shape index (κ1) is 24.1. The van der Waals surface area contributed by atoms with Crippen molar-refractivity contribution in [3.8, 4) is 45.4 Å². The second-order valence-electron chi connectivity index (χ2n) is 11.6. The molecule has 0 N–H and O–H groups in total. The van der Waals surface area contributed by atoms with Gasteiger partial charge in [-0.3, -0.25) is 0 Å². The topological polar surface area (TPSA) is 65.0 Å². The number of para-hydroxylation sites is 4. The van der Waals surface area contributed by atoms with Gasteiger partial charge in [-0.05, 0) is 42.0 Å². The maximum Gasteiger partial charge on any atom is 0.227 e. The van der Waals surface area contributed by atoms with Crippen molar-refractivity contribution >= 4 is 33.0 Å². The molecule has 0 amide bonds. The fourth-order valence-electron chi connectivity index (χ4n) is 6.66. The maximum absolute atomic E-state index is 6.51. The first-order valence-electron chi connectivity index (χ1n) is 14.5. The lowest BCUT2D eigenvalue weighted by atomic mass is 9.80. The summed E-state index contributed by atoms with van der Waals surface area (Å²) >= 11 is 0. The van der Waals surface area contributed by atoms with Crippen LogP contribution in [0.5, 0.6) is 0 Å². The van der Waals surface area contributed by atoms with Crippen LogP contribution in [0.2, 0.25) is 0 Å². The lowest BCUT2D eigenvalue weighted by Crippen LogP contribution is -2.17. The van der Waals surface area contributed by atoms with Crippen molar-refractivity contribution in [2.45, 2.75) is 19.3 Å². The number of hydrogen-bond acceptors (Lipinski definition) is 5. The van der Waals surface area contributed by atoms with Gasteiger partial charge >= 0.3 is 0 Å². The van der Waals surface area contributed by atoms with E-state index in [1.807, 2.05) is 60.7 Å². The van der Waals surface area contributed by atoms with Crippen LogP contribution in [0.25, 0.3) is 78.4 Å². The number of rotatable bonds is 3. The molecule has 5 aromatic carbocycles. The van der Waals surface area contributed by atoms with Crippen molar-refractivity contribution in [1.29, 1.82) is 0 Å². The quantitative estimate of drug-likeness (QED) is 0.217. The van der Waals surface area contributed by atoms with Crippen molar-refractivity contribution in [3.63, 3.8) is 0 Å². The van der Waals surface area contributed by atoms with Gasteiger partial charge < -0.3 is 8.83 Å². The normalized spacial score (nSPS) is 13.5. The molecule has 5 heteroatoms. The average molecular weight is 556 g/mol. The molecule has 0 bridgehead atoms. The molecule has 0 unspecified atom stereocenters. The monoisotopic (exact) mass is 555 g/mol. The van der Waals surface area contributed by atoms with Gasteiger partial charge in [0.1, 0.15) is 16.7 Å². The Kier molecular flexibility index (Phi) is 4.89. The zero-order valence-corrected chi connectivity index (χ0v) is 23.6. The molecule has 43 heavy (non-hydrogen) atoms. The zero-order valence-electron chi connectivity index (χ0n) is 23.6. The van der Waals surface area contributed by atoms with E-state index in [1.54, 1.807) is 0 Å². The van der Waals surface area contributed by atoms with Crippen LogP contribution in [0.1, 0.15) is 25.0 Å². The van der Waals surface area contributed by atoms with E-state index in [0.717, 1.165) is 72.2 Å². The summed E-state index contributed by atoms with van der Waals surface area (Å²) in [6.45, 7) is 4.52. The molecule has 0 aliphatic heterocycles. The van der Waals surface area contributed by atoms with E-state index >= 15 is 0 Å². The number of benzene rings is 5. The Morgan fingerprint density at radius 1 is 0.558 bits per heavy atom. The molecule has 0 saturated heterocycles. The van der Waals surface area contributed by atoms with Crippen molar-refractivity contribution in [1.82, 2.24) is 15.0 Å². The van der Waals surface area contributed by atoms with Gasteiger partial charge in [-0.15, -0.1) is 0 Å². The Labute approximate surface area is 247 Å². The van der Waals surface area contributed by atoms with Gasteiger partial charge in [0.05, 0.1) is 11.4 Å². The second-order valence-corrected chi connectivity index (χ2v) is 11.6. The number of hydrogen-bond donors (Lipinski definition) is 0. The Bertz CT molecular complexity index is 2360.